The Hall–Kier alpha value is -3.53. The Kier molecular flexibility index (Phi) is 9.37. The van der Waals surface area contributed by atoms with Gasteiger partial charge in [0.05, 0.1) is 6.61 Å². The van der Waals surface area contributed by atoms with E-state index >= 15 is 0 Å². The average molecular weight is 436 g/mol. The van der Waals surface area contributed by atoms with E-state index in [0.29, 0.717) is 30.4 Å². The second-order valence-corrected chi connectivity index (χ2v) is 6.49. The van der Waals surface area contributed by atoms with Gasteiger partial charge in [-0.05, 0) is 43.7 Å². The van der Waals surface area contributed by atoms with E-state index in [0.717, 1.165) is 38.1 Å². The maximum atomic E-state index is 13.7. The average Bonchev–Trinajstić information content (AvgIpc) is 2.75. The Labute approximate surface area is 177 Å². The van der Waals surface area contributed by atoms with Crippen LogP contribution >= 0.6 is 0 Å². The number of nitrogens with one attached hydrogen (secondary N) is 1. The molecule has 0 unspecified atom stereocenters. The zero-order chi connectivity index (χ0) is 22.6. The molecule has 1 fully saturated rings. The molecule has 1 aromatic carbocycles. The molecule has 3 rings (SSSR count). The van der Waals surface area contributed by atoms with Gasteiger partial charge in [-0.2, -0.15) is 0 Å². The van der Waals surface area contributed by atoms with Crippen molar-refractivity contribution in [3.8, 4) is 17.4 Å². The van der Waals surface area contributed by atoms with Gasteiger partial charge in [0.1, 0.15) is 0 Å². The molecule has 1 aliphatic heterocycles. The first-order valence-corrected chi connectivity index (χ1v) is 9.41. The summed E-state index contributed by atoms with van der Waals surface area (Å²) in [5, 5.41) is 18.9. The molecule has 2 aromatic rings. The summed E-state index contributed by atoms with van der Waals surface area (Å²) >= 11 is 0. The van der Waals surface area contributed by atoms with E-state index < -0.39 is 29.3 Å². The molecule has 31 heavy (non-hydrogen) atoms. The number of hydrogen-bond donors (Lipinski definition) is 3. The van der Waals surface area contributed by atoms with Gasteiger partial charge < -0.3 is 25.0 Å². The van der Waals surface area contributed by atoms with Gasteiger partial charge in [0, 0.05) is 30.8 Å². The summed E-state index contributed by atoms with van der Waals surface area (Å²) in [7, 11) is 0. The quantitative estimate of drug-likeness (QED) is 0.566. The first-order chi connectivity index (χ1) is 14.9. The van der Waals surface area contributed by atoms with Gasteiger partial charge >= 0.3 is 11.9 Å². The number of para-hydroxylation sites is 1. The third-order valence-electron chi connectivity index (χ3n) is 4.10. The fraction of sp³-hybridized carbons (Fsp3) is 0.286. The molecular formula is C21H22F2N2O6. The van der Waals surface area contributed by atoms with Crippen LogP contribution in [-0.2, 0) is 9.59 Å². The molecule has 1 aromatic heterocycles. The fourth-order valence-corrected chi connectivity index (χ4v) is 2.66. The second kappa shape index (κ2) is 12.2. The molecule has 166 valence electrons. The Bertz CT molecular complexity index is 880. The summed E-state index contributed by atoms with van der Waals surface area (Å²) in [6, 6.07) is 6.92. The number of carboxylic acids is 2. The Morgan fingerprint density at radius 1 is 1.13 bits per heavy atom. The predicted octanol–water partition coefficient (Wildman–Crippen LogP) is 3.24. The van der Waals surface area contributed by atoms with Crippen LogP contribution in [-0.4, -0.2) is 46.8 Å². The van der Waals surface area contributed by atoms with Crippen molar-refractivity contribution in [3.63, 3.8) is 0 Å². The lowest BCUT2D eigenvalue weighted by Gasteiger charge is -2.23. The second-order valence-electron chi connectivity index (χ2n) is 6.49. The lowest BCUT2D eigenvalue weighted by molar-refractivity contribution is -0.134. The number of aromatic nitrogens is 1. The molecule has 8 nitrogen and oxygen atoms in total. The fourth-order valence-electron chi connectivity index (χ4n) is 2.66. The van der Waals surface area contributed by atoms with Crippen molar-refractivity contribution in [2.45, 2.75) is 12.8 Å². The highest BCUT2D eigenvalue weighted by atomic mass is 19.1. The number of benzene rings is 1. The summed E-state index contributed by atoms with van der Waals surface area (Å²) in [5.41, 5.74) is 0. The highest BCUT2D eigenvalue weighted by Crippen LogP contribution is 2.32. The number of ether oxygens (including phenoxy) is 2. The monoisotopic (exact) mass is 436 g/mol. The lowest BCUT2D eigenvalue weighted by atomic mass is 10.0. The highest BCUT2D eigenvalue weighted by Gasteiger charge is 2.17. The molecule has 1 aliphatic rings. The summed E-state index contributed by atoms with van der Waals surface area (Å²) in [6.07, 6.45) is 4.81. The highest BCUT2D eigenvalue weighted by molar-refractivity contribution is 5.89. The number of halogens is 2. The van der Waals surface area contributed by atoms with Crippen LogP contribution in [0.4, 0.5) is 8.78 Å². The van der Waals surface area contributed by atoms with Gasteiger partial charge in [-0.3, -0.25) is 0 Å². The van der Waals surface area contributed by atoms with Crippen LogP contribution in [0.5, 0.6) is 17.4 Å². The SMILES string of the molecule is Fc1cccc(F)c1Oc1ncccc1OC[C@H]1CCCNC1.O=C(O)/C=C/C(=O)O. The van der Waals surface area contributed by atoms with E-state index in [9.17, 15) is 18.4 Å². The maximum absolute atomic E-state index is 13.7. The van der Waals surface area contributed by atoms with Gasteiger partial charge in [0.15, 0.2) is 17.4 Å². The van der Waals surface area contributed by atoms with Crippen molar-refractivity contribution in [1.29, 1.82) is 0 Å². The first kappa shape index (κ1) is 23.7. The Balaban J connectivity index is 0.000000366. The minimum absolute atomic E-state index is 0.0558. The van der Waals surface area contributed by atoms with Crippen molar-refractivity contribution in [1.82, 2.24) is 10.3 Å². The third kappa shape index (κ3) is 8.39. The zero-order valence-electron chi connectivity index (χ0n) is 16.5. The Morgan fingerprint density at radius 3 is 2.39 bits per heavy atom. The van der Waals surface area contributed by atoms with Crippen LogP contribution in [0.2, 0.25) is 0 Å². The minimum Gasteiger partial charge on any atom is -0.488 e. The van der Waals surface area contributed by atoms with Gasteiger partial charge in [0.25, 0.3) is 5.88 Å². The molecule has 0 radical (unpaired) electrons. The summed E-state index contributed by atoms with van der Waals surface area (Å²) in [5.74, 6) is -3.71. The molecule has 0 aliphatic carbocycles. The van der Waals surface area contributed by atoms with Gasteiger partial charge in [-0.25, -0.2) is 23.4 Å². The van der Waals surface area contributed by atoms with Crippen LogP contribution in [0.15, 0.2) is 48.7 Å². The molecule has 2 heterocycles. The smallest absolute Gasteiger partial charge is 0.328 e. The standard InChI is InChI=1S/C17H18F2N2O2.C4H4O4/c18-13-5-1-6-14(19)16(13)23-17-15(7-3-9-21-17)22-11-12-4-2-8-20-10-12;5-3(6)1-2-4(7)8/h1,3,5-7,9,12,20H,2,4,8,10-11H2;1-2H,(H,5,6)(H,7,8)/b;2-1+/t12-;/m0./s1. The number of pyridine rings is 1. The predicted molar refractivity (Wildman–Crippen MR) is 106 cm³/mol. The van der Waals surface area contributed by atoms with Crippen LogP contribution in [0.25, 0.3) is 0 Å². The first-order valence-electron chi connectivity index (χ1n) is 9.41. The number of rotatable bonds is 7. The van der Waals surface area contributed by atoms with Crippen LogP contribution < -0.4 is 14.8 Å². The summed E-state index contributed by atoms with van der Waals surface area (Å²) in [4.78, 5) is 23.1. The summed E-state index contributed by atoms with van der Waals surface area (Å²) < 4.78 is 38.5. The largest absolute Gasteiger partial charge is 0.488 e. The molecule has 1 saturated heterocycles. The molecule has 10 heteroatoms. The molecule has 1 atom stereocenters. The number of carbonyl (C=O) groups is 2. The molecule has 0 amide bonds. The number of piperidine rings is 1. The molecule has 0 bridgehead atoms. The van der Waals surface area contributed by atoms with E-state index in [2.05, 4.69) is 10.3 Å². The van der Waals surface area contributed by atoms with Crippen molar-refractivity contribution >= 4 is 11.9 Å². The van der Waals surface area contributed by atoms with E-state index in [4.69, 9.17) is 19.7 Å². The van der Waals surface area contributed by atoms with Gasteiger partial charge in [-0.1, -0.05) is 6.07 Å². The molecular weight excluding hydrogens is 414 g/mol. The topological polar surface area (TPSA) is 118 Å². The van der Waals surface area contributed by atoms with Crippen molar-refractivity contribution < 1.29 is 38.1 Å². The molecule has 0 spiro atoms. The summed E-state index contributed by atoms with van der Waals surface area (Å²) in [6.45, 7) is 2.44. The number of nitrogens with zero attached hydrogens (tertiary/aromatic N) is 1. The number of carboxylic acid groups (broad SMARTS) is 2. The van der Waals surface area contributed by atoms with Crippen molar-refractivity contribution in [3.05, 3.63) is 60.3 Å². The van der Waals surface area contributed by atoms with Gasteiger partial charge in [-0.15, -0.1) is 0 Å². The van der Waals surface area contributed by atoms with Crippen LogP contribution in [0, 0.1) is 17.6 Å². The lowest BCUT2D eigenvalue weighted by Crippen LogP contribution is -2.33. The third-order valence-corrected chi connectivity index (χ3v) is 4.10. The maximum Gasteiger partial charge on any atom is 0.328 e. The van der Waals surface area contributed by atoms with Gasteiger partial charge in [0.2, 0.25) is 5.75 Å². The van der Waals surface area contributed by atoms with Crippen molar-refractivity contribution in [2.24, 2.45) is 5.92 Å². The van der Waals surface area contributed by atoms with E-state index in [1.807, 2.05) is 0 Å². The van der Waals surface area contributed by atoms with Crippen LogP contribution in [0.3, 0.4) is 0 Å². The zero-order valence-corrected chi connectivity index (χ0v) is 16.5. The van der Waals surface area contributed by atoms with E-state index in [1.54, 1.807) is 12.1 Å². The Morgan fingerprint density at radius 2 is 1.81 bits per heavy atom. The number of aliphatic carboxylic acids is 2. The van der Waals surface area contributed by atoms with E-state index in [1.165, 1.54) is 12.3 Å². The molecule has 3 N–H and O–H groups in total. The number of hydrogen-bond acceptors (Lipinski definition) is 6. The minimum atomic E-state index is -1.26. The van der Waals surface area contributed by atoms with Crippen LogP contribution in [0.1, 0.15) is 12.8 Å². The van der Waals surface area contributed by atoms with E-state index in [-0.39, 0.29) is 5.88 Å². The molecule has 0 saturated carbocycles. The van der Waals surface area contributed by atoms with Crippen molar-refractivity contribution in [2.75, 3.05) is 19.7 Å². The normalized spacial score (nSPS) is 15.6.